The van der Waals surface area contributed by atoms with Crippen LogP contribution in [0.2, 0.25) is 5.02 Å². The molecule has 3 rings (SSSR count). The number of benzene rings is 2. The molecule has 142 valence electrons. The molecule has 0 spiro atoms. The predicted octanol–water partition coefficient (Wildman–Crippen LogP) is 0.689. The molecule has 10 heteroatoms. The van der Waals surface area contributed by atoms with Gasteiger partial charge in [0.05, 0.1) is 11.4 Å². The summed E-state index contributed by atoms with van der Waals surface area (Å²) in [7, 11) is -2.43. The van der Waals surface area contributed by atoms with E-state index >= 15 is 0 Å². The highest BCUT2D eigenvalue weighted by Gasteiger charge is 2.44. The zero-order valence-corrected chi connectivity index (χ0v) is 15.8. The number of nitrogens with one attached hydrogen (secondary N) is 1. The van der Waals surface area contributed by atoms with E-state index in [0.717, 1.165) is 0 Å². The van der Waals surface area contributed by atoms with Gasteiger partial charge in [0.2, 0.25) is 10.0 Å². The van der Waals surface area contributed by atoms with E-state index in [2.05, 4.69) is 10.3 Å². The van der Waals surface area contributed by atoms with Crippen LogP contribution in [0.4, 0.5) is 5.69 Å². The molecule has 2 aromatic rings. The average Bonchev–Trinajstić information content (AvgIpc) is 3.00. The zero-order valence-electron chi connectivity index (χ0n) is 14.3. The van der Waals surface area contributed by atoms with E-state index in [1.54, 1.807) is 29.2 Å². The Hall–Kier alpha value is -2.46. The van der Waals surface area contributed by atoms with Crippen molar-refractivity contribution in [2.75, 3.05) is 18.5 Å². The summed E-state index contributed by atoms with van der Waals surface area (Å²) >= 11 is 5.93. The number of halogens is 1. The van der Waals surface area contributed by atoms with Crippen molar-refractivity contribution in [2.24, 2.45) is 10.1 Å². The Kier molecular flexibility index (Phi) is 4.96. The molecule has 2 aromatic carbocycles. The van der Waals surface area contributed by atoms with Gasteiger partial charge in [0.25, 0.3) is 11.6 Å². The smallest absolute Gasteiger partial charge is 0.276 e. The Morgan fingerprint density at radius 2 is 1.81 bits per heavy atom. The van der Waals surface area contributed by atoms with Gasteiger partial charge in [-0.3, -0.25) is 4.79 Å². The highest BCUT2D eigenvalue weighted by atomic mass is 35.5. The lowest BCUT2D eigenvalue weighted by Gasteiger charge is -2.23. The quantitative estimate of drug-likeness (QED) is 0.686. The van der Waals surface area contributed by atoms with Gasteiger partial charge in [0, 0.05) is 23.3 Å². The molecule has 4 N–H and O–H groups in total. The number of aliphatic imine (C=N–C) groups is 1. The molecule has 1 aliphatic rings. The number of nitrogens with zero attached hydrogens (tertiary/aromatic N) is 2. The summed E-state index contributed by atoms with van der Waals surface area (Å²) in [6, 6.07) is 12.5. The lowest BCUT2D eigenvalue weighted by atomic mass is 10.1. The van der Waals surface area contributed by atoms with Crippen molar-refractivity contribution in [1.82, 2.24) is 5.32 Å². The molecule has 27 heavy (non-hydrogen) atoms. The number of aliphatic hydroxyl groups is 1. The van der Waals surface area contributed by atoms with Crippen LogP contribution >= 0.6 is 11.6 Å². The van der Waals surface area contributed by atoms with Crippen LogP contribution in [0.5, 0.6) is 0 Å². The topological polar surface area (TPSA) is 125 Å². The van der Waals surface area contributed by atoms with Gasteiger partial charge in [0.1, 0.15) is 5.84 Å². The molecule has 1 unspecified atom stereocenters. The van der Waals surface area contributed by atoms with Crippen LogP contribution in [-0.4, -0.2) is 44.6 Å². The number of β-amino-alcohol motifs (C(OH)–C–C–N with tert-alkyl or cyclic N) is 1. The normalized spacial score (nSPS) is 19.7. The Balaban J connectivity index is 2.07. The lowest BCUT2D eigenvalue weighted by Crippen LogP contribution is -2.48. The number of rotatable bonds is 4. The molecule has 0 aliphatic carbocycles. The number of amides is 1. The minimum Gasteiger partial charge on any atom is -0.360 e. The number of likely N-dealkylation sites (N-methyl/N-ethyl adjacent to an activating group) is 1. The first-order chi connectivity index (χ1) is 12.6. The summed E-state index contributed by atoms with van der Waals surface area (Å²) in [4.78, 5) is 17.9. The first-order valence-corrected chi connectivity index (χ1v) is 9.77. The van der Waals surface area contributed by atoms with E-state index in [1.165, 1.54) is 31.3 Å². The van der Waals surface area contributed by atoms with Crippen LogP contribution in [0, 0.1) is 0 Å². The first kappa shape index (κ1) is 19.3. The minimum absolute atomic E-state index is 0.0514. The number of primary sulfonamides is 1. The molecular weight excluding hydrogens is 392 g/mol. The number of carbonyl (C=O) groups excluding carboxylic acids is 1. The second-order valence-electron chi connectivity index (χ2n) is 5.96. The molecule has 1 heterocycles. The number of hydrogen-bond donors (Lipinski definition) is 3. The van der Waals surface area contributed by atoms with Crippen LogP contribution in [0.3, 0.4) is 0 Å². The van der Waals surface area contributed by atoms with Crippen molar-refractivity contribution in [3.05, 3.63) is 59.1 Å². The molecule has 1 aliphatic heterocycles. The van der Waals surface area contributed by atoms with Gasteiger partial charge in [-0.15, -0.1) is 0 Å². The van der Waals surface area contributed by atoms with Crippen molar-refractivity contribution >= 4 is 39.1 Å². The molecule has 0 fully saturated rings. The van der Waals surface area contributed by atoms with Gasteiger partial charge in [-0.25, -0.2) is 18.5 Å². The Morgan fingerprint density at radius 3 is 2.33 bits per heavy atom. The number of amidine groups is 1. The summed E-state index contributed by atoms with van der Waals surface area (Å²) in [5, 5.41) is 18.7. The number of anilines is 1. The van der Waals surface area contributed by atoms with Crippen LogP contribution < -0.4 is 15.4 Å². The molecule has 0 aromatic heterocycles. The second-order valence-corrected chi connectivity index (χ2v) is 7.96. The standard InChI is InChI=1S/C17H17ClN4O4S/c1-20-16(23)17(24)10-22(13-6-4-12(18)5-7-13)15(21-17)11-2-8-14(9-3-11)27(19,25)26/h2-9,24H,10H2,1H3,(H,20,23)(H2,19,25,26). The van der Waals surface area contributed by atoms with Crippen LogP contribution in [0.25, 0.3) is 0 Å². The van der Waals surface area contributed by atoms with E-state index in [0.29, 0.717) is 22.1 Å². The Labute approximate surface area is 161 Å². The highest BCUT2D eigenvalue weighted by Crippen LogP contribution is 2.29. The van der Waals surface area contributed by atoms with E-state index in [1.807, 2.05) is 0 Å². The highest BCUT2D eigenvalue weighted by molar-refractivity contribution is 7.89. The van der Waals surface area contributed by atoms with Crippen molar-refractivity contribution in [3.63, 3.8) is 0 Å². The molecule has 1 atom stereocenters. The van der Waals surface area contributed by atoms with Gasteiger partial charge >= 0.3 is 0 Å². The maximum Gasteiger partial charge on any atom is 0.276 e. The molecule has 0 radical (unpaired) electrons. The third-order valence-corrected chi connectivity index (χ3v) is 5.28. The maximum absolute atomic E-state index is 12.1. The van der Waals surface area contributed by atoms with E-state index in [9.17, 15) is 18.3 Å². The Bertz CT molecular complexity index is 1010. The van der Waals surface area contributed by atoms with E-state index in [-0.39, 0.29) is 11.4 Å². The lowest BCUT2D eigenvalue weighted by molar-refractivity contribution is -0.136. The van der Waals surface area contributed by atoms with E-state index < -0.39 is 21.7 Å². The molecular formula is C17H17ClN4O4S. The SMILES string of the molecule is CNC(=O)C1(O)CN(c2ccc(Cl)cc2)C(c2ccc(S(N)(=O)=O)cc2)=N1. The fraction of sp³-hybridized carbons (Fsp3) is 0.176. The molecule has 1 amide bonds. The second kappa shape index (κ2) is 6.93. The van der Waals surface area contributed by atoms with Crippen molar-refractivity contribution in [3.8, 4) is 0 Å². The molecule has 8 nitrogen and oxygen atoms in total. The Morgan fingerprint density at radius 1 is 1.22 bits per heavy atom. The van der Waals surface area contributed by atoms with Crippen LogP contribution in [-0.2, 0) is 14.8 Å². The van der Waals surface area contributed by atoms with Gasteiger partial charge in [-0.2, -0.15) is 0 Å². The minimum atomic E-state index is -3.84. The zero-order chi connectivity index (χ0) is 19.8. The number of sulfonamides is 1. The van der Waals surface area contributed by atoms with Crippen LogP contribution in [0.1, 0.15) is 5.56 Å². The largest absolute Gasteiger partial charge is 0.360 e. The number of nitrogens with two attached hydrogens (primary N) is 1. The summed E-state index contributed by atoms with van der Waals surface area (Å²) in [5.41, 5.74) is -0.812. The monoisotopic (exact) mass is 408 g/mol. The van der Waals surface area contributed by atoms with Crippen molar-refractivity contribution in [1.29, 1.82) is 0 Å². The fourth-order valence-corrected chi connectivity index (χ4v) is 3.38. The third kappa shape index (κ3) is 3.81. The molecule has 0 saturated heterocycles. The van der Waals surface area contributed by atoms with Crippen LogP contribution in [0.15, 0.2) is 58.4 Å². The first-order valence-electron chi connectivity index (χ1n) is 7.85. The number of hydrogen-bond acceptors (Lipinski definition) is 6. The molecule has 0 saturated carbocycles. The van der Waals surface area contributed by atoms with Gasteiger partial charge < -0.3 is 15.3 Å². The summed E-state index contributed by atoms with van der Waals surface area (Å²) in [5.74, 6) is -0.345. The van der Waals surface area contributed by atoms with Crippen molar-refractivity contribution in [2.45, 2.75) is 10.6 Å². The average molecular weight is 409 g/mol. The van der Waals surface area contributed by atoms with E-state index in [4.69, 9.17) is 16.7 Å². The predicted molar refractivity (Wildman–Crippen MR) is 102 cm³/mol. The molecule has 0 bridgehead atoms. The maximum atomic E-state index is 12.1. The number of carbonyl (C=O) groups is 1. The summed E-state index contributed by atoms with van der Waals surface area (Å²) in [6.45, 7) is -0.111. The third-order valence-electron chi connectivity index (χ3n) is 4.10. The van der Waals surface area contributed by atoms with Crippen molar-refractivity contribution < 1.29 is 18.3 Å². The summed E-state index contributed by atoms with van der Waals surface area (Å²) < 4.78 is 22.9. The van der Waals surface area contributed by atoms with Gasteiger partial charge in [-0.1, -0.05) is 11.6 Å². The van der Waals surface area contributed by atoms with Gasteiger partial charge in [0.15, 0.2) is 0 Å². The fourth-order valence-electron chi connectivity index (χ4n) is 2.74. The summed E-state index contributed by atoms with van der Waals surface area (Å²) in [6.07, 6.45) is 0. The van der Waals surface area contributed by atoms with Gasteiger partial charge in [-0.05, 0) is 48.5 Å².